The van der Waals surface area contributed by atoms with Gasteiger partial charge >= 0.3 is 0 Å². The molecule has 0 radical (unpaired) electrons. The van der Waals surface area contributed by atoms with Gasteiger partial charge < -0.3 is 9.47 Å². The first-order valence-electron chi connectivity index (χ1n) is 5.41. The molecule has 4 heteroatoms. The normalized spacial score (nSPS) is 18.9. The highest BCUT2D eigenvalue weighted by Crippen LogP contribution is 2.37. The van der Waals surface area contributed by atoms with Gasteiger partial charge in [-0.3, -0.25) is 0 Å². The molecule has 1 aliphatic rings. The maximum Gasteiger partial charge on any atom is 0.197 e. The summed E-state index contributed by atoms with van der Waals surface area (Å²) < 4.78 is 37.7. The molecule has 1 aromatic rings. The highest BCUT2D eigenvalue weighted by Gasteiger charge is 2.40. The van der Waals surface area contributed by atoms with Gasteiger partial charge in [-0.2, -0.15) is 0 Å². The van der Waals surface area contributed by atoms with Crippen LogP contribution in [-0.4, -0.2) is 13.2 Å². The molecule has 1 aliphatic heterocycles. The van der Waals surface area contributed by atoms with Crippen LogP contribution in [0.15, 0.2) is 18.2 Å². The van der Waals surface area contributed by atoms with Gasteiger partial charge in [-0.25, -0.2) is 8.78 Å². The minimum atomic E-state index is -1.10. The highest BCUT2D eigenvalue weighted by molar-refractivity contribution is 5.24. The summed E-state index contributed by atoms with van der Waals surface area (Å²) in [6.07, 6.45) is 1.29. The smallest absolute Gasteiger partial charge is 0.197 e. The van der Waals surface area contributed by atoms with Crippen LogP contribution in [0.3, 0.4) is 0 Å². The van der Waals surface area contributed by atoms with Crippen molar-refractivity contribution in [2.75, 3.05) is 13.2 Å². The lowest BCUT2D eigenvalue weighted by Crippen LogP contribution is -2.28. The number of benzene rings is 1. The van der Waals surface area contributed by atoms with Crippen molar-refractivity contribution in [1.29, 1.82) is 0 Å². The number of hydrogen-bond acceptors (Lipinski definition) is 2. The van der Waals surface area contributed by atoms with Crippen LogP contribution >= 0.6 is 0 Å². The molecular formula is C12H14F2O2. The van der Waals surface area contributed by atoms with Gasteiger partial charge in [0.1, 0.15) is 11.6 Å². The van der Waals surface area contributed by atoms with E-state index in [1.165, 1.54) is 0 Å². The second kappa shape index (κ2) is 4.47. The number of hydrogen-bond donors (Lipinski definition) is 0. The van der Waals surface area contributed by atoms with Crippen molar-refractivity contribution in [2.45, 2.75) is 25.6 Å². The molecule has 0 aliphatic carbocycles. The van der Waals surface area contributed by atoms with Gasteiger partial charge in [0.2, 0.25) is 0 Å². The molecule has 2 nitrogen and oxygen atoms in total. The maximum atomic E-state index is 13.7. The summed E-state index contributed by atoms with van der Waals surface area (Å²) in [6.45, 7) is 2.77. The van der Waals surface area contributed by atoms with E-state index in [0.717, 1.165) is 24.6 Å². The minimum Gasteiger partial charge on any atom is -0.343 e. The van der Waals surface area contributed by atoms with E-state index in [-0.39, 0.29) is 5.56 Å². The van der Waals surface area contributed by atoms with E-state index in [4.69, 9.17) is 9.47 Å². The SMILES string of the molecule is CCCC1(c2cc(F)ccc2F)OCCO1. The van der Waals surface area contributed by atoms with Gasteiger partial charge in [-0.15, -0.1) is 0 Å². The van der Waals surface area contributed by atoms with E-state index in [0.29, 0.717) is 19.6 Å². The molecule has 16 heavy (non-hydrogen) atoms. The predicted octanol–water partition coefficient (Wildman–Crippen LogP) is 2.96. The van der Waals surface area contributed by atoms with Crippen LogP contribution in [0.5, 0.6) is 0 Å². The molecule has 0 spiro atoms. The largest absolute Gasteiger partial charge is 0.343 e. The van der Waals surface area contributed by atoms with Gasteiger partial charge in [0.15, 0.2) is 5.79 Å². The third-order valence-electron chi connectivity index (χ3n) is 2.67. The molecule has 1 fully saturated rings. The van der Waals surface area contributed by atoms with Crippen molar-refractivity contribution in [3.8, 4) is 0 Å². The molecule has 0 saturated carbocycles. The van der Waals surface area contributed by atoms with E-state index in [2.05, 4.69) is 0 Å². The summed E-state index contributed by atoms with van der Waals surface area (Å²) in [5.74, 6) is -2.07. The van der Waals surface area contributed by atoms with Crippen LogP contribution in [0.4, 0.5) is 8.78 Å². The quantitative estimate of drug-likeness (QED) is 0.791. The fraction of sp³-hybridized carbons (Fsp3) is 0.500. The molecule has 1 aromatic carbocycles. The van der Waals surface area contributed by atoms with E-state index in [1.54, 1.807) is 0 Å². The Balaban J connectivity index is 2.42. The van der Waals surface area contributed by atoms with Gasteiger partial charge in [0.05, 0.1) is 13.2 Å². The summed E-state index contributed by atoms with van der Waals surface area (Å²) in [7, 11) is 0. The monoisotopic (exact) mass is 228 g/mol. The first kappa shape index (κ1) is 11.5. The average molecular weight is 228 g/mol. The minimum absolute atomic E-state index is 0.159. The molecule has 0 bridgehead atoms. The Bertz CT molecular complexity index is 373. The Labute approximate surface area is 93.2 Å². The second-order valence-corrected chi connectivity index (χ2v) is 3.82. The molecule has 1 heterocycles. The van der Waals surface area contributed by atoms with E-state index < -0.39 is 17.4 Å². The van der Waals surface area contributed by atoms with Crippen LogP contribution in [0.2, 0.25) is 0 Å². The third-order valence-corrected chi connectivity index (χ3v) is 2.67. The van der Waals surface area contributed by atoms with Crippen LogP contribution in [-0.2, 0) is 15.3 Å². The van der Waals surface area contributed by atoms with Gasteiger partial charge in [-0.1, -0.05) is 13.3 Å². The lowest BCUT2D eigenvalue weighted by molar-refractivity contribution is -0.173. The van der Waals surface area contributed by atoms with Crippen LogP contribution < -0.4 is 0 Å². The Hall–Kier alpha value is -1.00. The molecule has 0 unspecified atom stereocenters. The fourth-order valence-electron chi connectivity index (χ4n) is 2.01. The summed E-state index contributed by atoms with van der Waals surface area (Å²) >= 11 is 0. The Morgan fingerprint density at radius 1 is 1.25 bits per heavy atom. The average Bonchev–Trinajstić information content (AvgIpc) is 2.72. The second-order valence-electron chi connectivity index (χ2n) is 3.82. The zero-order valence-corrected chi connectivity index (χ0v) is 9.13. The first-order valence-corrected chi connectivity index (χ1v) is 5.41. The van der Waals surface area contributed by atoms with E-state index in [1.807, 2.05) is 6.92 Å². The molecular weight excluding hydrogens is 214 g/mol. The topological polar surface area (TPSA) is 18.5 Å². The van der Waals surface area contributed by atoms with Crippen molar-refractivity contribution in [1.82, 2.24) is 0 Å². The standard InChI is InChI=1S/C12H14F2O2/c1-2-5-12(15-6-7-16-12)10-8-9(13)3-4-11(10)14/h3-4,8H,2,5-7H2,1H3. The summed E-state index contributed by atoms with van der Waals surface area (Å²) in [6, 6.07) is 3.34. The van der Waals surface area contributed by atoms with Crippen molar-refractivity contribution < 1.29 is 18.3 Å². The lowest BCUT2D eigenvalue weighted by Gasteiger charge is -2.27. The zero-order valence-electron chi connectivity index (χ0n) is 9.13. The van der Waals surface area contributed by atoms with Crippen LogP contribution in [0.1, 0.15) is 25.3 Å². The molecule has 0 atom stereocenters. The predicted molar refractivity (Wildman–Crippen MR) is 54.8 cm³/mol. The van der Waals surface area contributed by atoms with Crippen molar-refractivity contribution in [3.05, 3.63) is 35.4 Å². The van der Waals surface area contributed by atoms with E-state index >= 15 is 0 Å². The van der Waals surface area contributed by atoms with Gasteiger partial charge in [-0.05, 0) is 18.2 Å². The summed E-state index contributed by atoms with van der Waals surface area (Å²) in [5.41, 5.74) is 0.159. The van der Waals surface area contributed by atoms with E-state index in [9.17, 15) is 8.78 Å². The van der Waals surface area contributed by atoms with Crippen molar-refractivity contribution in [2.24, 2.45) is 0 Å². The number of halogens is 2. The Morgan fingerprint density at radius 2 is 1.94 bits per heavy atom. The Kier molecular flexibility index (Phi) is 3.21. The van der Waals surface area contributed by atoms with Crippen molar-refractivity contribution in [3.63, 3.8) is 0 Å². The Morgan fingerprint density at radius 3 is 2.56 bits per heavy atom. The first-order chi connectivity index (χ1) is 7.68. The number of rotatable bonds is 3. The molecule has 1 saturated heterocycles. The summed E-state index contributed by atoms with van der Waals surface area (Å²) in [5, 5.41) is 0. The van der Waals surface area contributed by atoms with Crippen molar-refractivity contribution >= 4 is 0 Å². The van der Waals surface area contributed by atoms with Crippen LogP contribution in [0.25, 0.3) is 0 Å². The molecule has 0 amide bonds. The number of ether oxygens (including phenoxy) is 2. The zero-order chi connectivity index (χ0) is 11.6. The fourth-order valence-corrected chi connectivity index (χ4v) is 2.01. The summed E-state index contributed by atoms with van der Waals surface area (Å²) in [4.78, 5) is 0. The third kappa shape index (κ3) is 1.95. The molecule has 2 rings (SSSR count). The van der Waals surface area contributed by atoms with Gasteiger partial charge in [0, 0.05) is 12.0 Å². The maximum absolute atomic E-state index is 13.7. The molecule has 0 N–H and O–H groups in total. The van der Waals surface area contributed by atoms with Gasteiger partial charge in [0.25, 0.3) is 0 Å². The molecule has 0 aromatic heterocycles. The van der Waals surface area contributed by atoms with Crippen LogP contribution in [0, 0.1) is 11.6 Å². The molecule has 88 valence electrons. The lowest BCUT2D eigenvalue weighted by atomic mass is 10.00. The highest BCUT2D eigenvalue weighted by atomic mass is 19.1.